The van der Waals surface area contributed by atoms with Crippen LogP contribution in [0, 0.1) is 11.8 Å². The van der Waals surface area contributed by atoms with Crippen LogP contribution in [0.1, 0.15) is 44.9 Å². The zero-order valence-electron chi connectivity index (χ0n) is 11.1. The number of hydrogen-bond acceptors (Lipinski definition) is 3. The van der Waals surface area contributed by atoms with Gasteiger partial charge in [-0.15, -0.1) is 11.6 Å². The van der Waals surface area contributed by atoms with Gasteiger partial charge in [-0.3, -0.25) is 4.99 Å². The van der Waals surface area contributed by atoms with Gasteiger partial charge in [-0.1, -0.05) is 12.8 Å². The summed E-state index contributed by atoms with van der Waals surface area (Å²) >= 11 is 6.24. The Kier molecular flexibility index (Phi) is 3.50. The van der Waals surface area contributed by atoms with Gasteiger partial charge in [0, 0.05) is 17.2 Å². The van der Waals surface area contributed by atoms with Gasteiger partial charge in [0.25, 0.3) is 0 Å². The van der Waals surface area contributed by atoms with Crippen molar-refractivity contribution >= 4 is 17.4 Å². The van der Waals surface area contributed by atoms with Gasteiger partial charge in [-0.05, 0) is 32.1 Å². The zero-order chi connectivity index (χ0) is 13.6. The van der Waals surface area contributed by atoms with E-state index in [-0.39, 0.29) is 23.2 Å². The van der Waals surface area contributed by atoms with Crippen LogP contribution in [0.3, 0.4) is 0 Å². The fourth-order valence-corrected chi connectivity index (χ4v) is 4.57. The Morgan fingerprint density at radius 3 is 2.68 bits per heavy atom. The van der Waals surface area contributed by atoms with E-state index in [1.165, 1.54) is 0 Å². The number of hydrogen-bond donors (Lipinski definition) is 2. The second-order valence-corrected chi connectivity index (χ2v) is 6.95. The summed E-state index contributed by atoms with van der Waals surface area (Å²) in [4.78, 5) is 4.43. The highest BCUT2D eigenvalue weighted by Crippen LogP contribution is 2.48. The molecule has 3 aliphatic rings. The second kappa shape index (κ2) is 4.88. The average molecular weight is 289 g/mol. The second-order valence-electron chi connectivity index (χ2n) is 6.33. The van der Waals surface area contributed by atoms with E-state index in [0.29, 0.717) is 19.3 Å². The number of halogens is 2. The minimum atomic E-state index is -1.27. The van der Waals surface area contributed by atoms with Gasteiger partial charge in [-0.2, -0.15) is 0 Å². The maximum Gasteiger partial charge on any atom is 0.132 e. The third-order valence-electron chi connectivity index (χ3n) is 5.28. The van der Waals surface area contributed by atoms with Crippen molar-refractivity contribution in [3.8, 4) is 0 Å². The van der Waals surface area contributed by atoms with Crippen LogP contribution < -0.4 is 5.73 Å². The van der Waals surface area contributed by atoms with E-state index >= 15 is 0 Å². The molecule has 0 amide bonds. The molecule has 0 radical (unpaired) electrons. The van der Waals surface area contributed by atoms with Crippen molar-refractivity contribution < 1.29 is 9.50 Å². The Morgan fingerprint density at radius 2 is 1.95 bits per heavy atom. The van der Waals surface area contributed by atoms with Crippen molar-refractivity contribution in [1.82, 2.24) is 0 Å². The Labute approximate surface area is 118 Å². The van der Waals surface area contributed by atoms with Gasteiger partial charge in [0.1, 0.15) is 17.6 Å². The van der Waals surface area contributed by atoms with Crippen LogP contribution in [-0.2, 0) is 0 Å². The number of fused-ring (bicyclic) bond motifs is 1. The molecule has 3 N–H and O–H groups in total. The van der Waals surface area contributed by atoms with E-state index < -0.39 is 17.7 Å². The molecule has 0 saturated heterocycles. The molecule has 2 fully saturated rings. The predicted octanol–water partition coefficient (Wildman–Crippen LogP) is 2.39. The maximum absolute atomic E-state index is 14.3. The first kappa shape index (κ1) is 13.6. The van der Waals surface area contributed by atoms with Crippen molar-refractivity contribution in [3.05, 3.63) is 0 Å². The minimum Gasteiger partial charge on any atom is -0.385 e. The molecule has 3 rings (SSSR count). The number of aliphatic imine (C=N–C) groups is 1. The number of alkyl halides is 2. The van der Waals surface area contributed by atoms with E-state index in [0.717, 1.165) is 25.7 Å². The Hall–Kier alpha value is -0.350. The number of aliphatic hydroxyl groups is 1. The molecule has 6 unspecified atom stereocenters. The number of nitrogens with zero attached hydrogens (tertiary/aromatic N) is 1. The van der Waals surface area contributed by atoms with Crippen LogP contribution in [0.4, 0.5) is 4.39 Å². The van der Waals surface area contributed by atoms with Gasteiger partial charge in [0.15, 0.2) is 0 Å². The summed E-state index contributed by atoms with van der Waals surface area (Å²) in [5.41, 5.74) is 4.74. The third-order valence-corrected chi connectivity index (χ3v) is 5.67. The number of rotatable bonds is 1. The van der Waals surface area contributed by atoms with Gasteiger partial charge in [-0.25, -0.2) is 4.39 Å². The van der Waals surface area contributed by atoms with Crippen LogP contribution in [0.25, 0.3) is 0 Å². The third kappa shape index (κ3) is 2.07. The molecule has 0 aromatic carbocycles. The van der Waals surface area contributed by atoms with Crippen LogP contribution in [-0.4, -0.2) is 34.1 Å². The minimum absolute atomic E-state index is 0.0362. The van der Waals surface area contributed by atoms with E-state index in [1.807, 2.05) is 0 Å². The summed E-state index contributed by atoms with van der Waals surface area (Å²) in [6.45, 7) is 0. The summed E-state index contributed by atoms with van der Waals surface area (Å²) in [5, 5.41) is 11.2. The Morgan fingerprint density at radius 1 is 1.21 bits per heavy atom. The van der Waals surface area contributed by atoms with E-state index in [2.05, 4.69) is 4.99 Å². The smallest absolute Gasteiger partial charge is 0.132 e. The predicted molar refractivity (Wildman–Crippen MR) is 74.2 cm³/mol. The summed E-state index contributed by atoms with van der Waals surface area (Å²) in [5.74, 6) is -0.241. The quantitative estimate of drug-likeness (QED) is 0.728. The molecule has 0 spiro atoms. The normalized spacial score (nSPS) is 50.7. The highest BCUT2D eigenvalue weighted by atomic mass is 35.5. The first-order valence-corrected chi connectivity index (χ1v) is 7.81. The average Bonchev–Trinajstić information content (AvgIpc) is 2.64. The van der Waals surface area contributed by atoms with Crippen molar-refractivity contribution in [1.29, 1.82) is 0 Å². The molecule has 5 heteroatoms. The van der Waals surface area contributed by atoms with Gasteiger partial charge in [0.05, 0.1) is 6.04 Å². The summed E-state index contributed by atoms with van der Waals surface area (Å²) < 4.78 is 14.3. The largest absolute Gasteiger partial charge is 0.385 e. The molecule has 6 atom stereocenters. The first-order valence-electron chi connectivity index (χ1n) is 7.37. The fourth-order valence-electron chi connectivity index (χ4n) is 4.25. The van der Waals surface area contributed by atoms with E-state index in [4.69, 9.17) is 17.3 Å². The lowest BCUT2D eigenvalue weighted by Gasteiger charge is -2.44. The van der Waals surface area contributed by atoms with Crippen molar-refractivity contribution in [2.24, 2.45) is 22.6 Å². The standard InChI is InChI=1S/C14H22ClFN2O/c15-8-5-6-12-10(7-8)14(19,13(17)18-12)9-3-1-2-4-11(9)16/h8-12,19H,1-7H2,(H2,17,18). The van der Waals surface area contributed by atoms with Crippen molar-refractivity contribution in [2.75, 3.05) is 0 Å². The number of amidine groups is 1. The van der Waals surface area contributed by atoms with Crippen LogP contribution >= 0.6 is 11.6 Å². The van der Waals surface area contributed by atoms with E-state index in [1.54, 1.807) is 0 Å². The molecule has 1 heterocycles. The highest BCUT2D eigenvalue weighted by Gasteiger charge is 2.57. The van der Waals surface area contributed by atoms with Crippen molar-refractivity contribution in [2.45, 2.75) is 68.1 Å². The molecule has 19 heavy (non-hydrogen) atoms. The van der Waals surface area contributed by atoms with Crippen LogP contribution in [0.2, 0.25) is 0 Å². The molecule has 1 aliphatic heterocycles. The lowest BCUT2D eigenvalue weighted by molar-refractivity contribution is -0.0585. The SMILES string of the molecule is NC1=NC2CCC(Cl)CC2C1(O)C1CCCCC1F. The lowest BCUT2D eigenvalue weighted by atomic mass is 9.65. The first-order chi connectivity index (χ1) is 9.03. The molecule has 0 aromatic rings. The van der Waals surface area contributed by atoms with Crippen LogP contribution in [0.5, 0.6) is 0 Å². The molecule has 3 nitrogen and oxygen atoms in total. The maximum atomic E-state index is 14.3. The Bertz CT molecular complexity index is 392. The Balaban J connectivity index is 1.89. The van der Waals surface area contributed by atoms with Crippen LogP contribution in [0.15, 0.2) is 4.99 Å². The highest BCUT2D eigenvalue weighted by molar-refractivity contribution is 6.20. The number of nitrogens with two attached hydrogens (primary N) is 1. The monoisotopic (exact) mass is 288 g/mol. The molecule has 2 saturated carbocycles. The summed E-state index contributed by atoms with van der Waals surface area (Å²) in [6, 6.07) is 0.0362. The lowest BCUT2D eigenvalue weighted by Crippen LogP contribution is -2.58. The molecular formula is C14H22ClFN2O. The molecule has 108 valence electrons. The summed E-state index contributed by atoms with van der Waals surface area (Å²) in [7, 11) is 0. The van der Waals surface area contributed by atoms with Gasteiger partial charge in [0.2, 0.25) is 0 Å². The molecule has 2 aliphatic carbocycles. The summed E-state index contributed by atoms with van der Waals surface area (Å²) in [6.07, 6.45) is 4.56. The van der Waals surface area contributed by atoms with Gasteiger partial charge >= 0.3 is 0 Å². The van der Waals surface area contributed by atoms with E-state index in [9.17, 15) is 9.50 Å². The molecule has 0 aromatic heterocycles. The van der Waals surface area contributed by atoms with Crippen molar-refractivity contribution in [3.63, 3.8) is 0 Å². The zero-order valence-corrected chi connectivity index (χ0v) is 11.8. The van der Waals surface area contributed by atoms with Gasteiger partial charge < -0.3 is 10.8 Å². The molecule has 0 bridgehead atoms. The molecular weight excluding hydrogens is 267 g/mol. The topological polar surface area (TPSA) is 58.6 Å². The fraction of sp³-hybridized carbons (Fsp3) is 0.929.